The molecule has 31 heavy (non-hydrogen) atoms. The third-order valence-corrected chi connectivity index (χ3v) is 7.52. The highest BCUT2D eigenvalue weighted by molar-refractivity contribution is 7.18. The van der Waals surface area contributed by atoms with Crippen molar-refractivity contribution in [3.63, 3.8) is 0 Å². The van der Waals surface area contributed by atoms with Crippen LogP contribution >= 0.6 is 11.3 Å². The van der Waals surface area contributed by atoms with Gasteiger partial charge in [0.2, 0.25) is 5.91 Å². The number of rotatable bonds is 4. The summed E-state index contributed by atoms with van der Waals surface area (Å²) in [5.41, 5.74) is 3.26. The maximum absolute atomic E-state index is 13.2. The molecule has 8 heteroatoms. The second-order valence-corrected chi connectivity index (χ2v) is 9.19. The van der Waals surface area contributed by atoms with Gasteiger partial charge in [0.05, 0.1) is 25.9 Å². The lowest BCUT2D eigenvalue weighted by atomic mass is 9.97. The molecule has 162 valence electrons. The SMILES string of the molecule is COc1cc2c(cc1OC)CN(C(=O)Cn1cnc3sc4c(c3c1=O)CCCC4)CC2. The molecule has 0 saturated heterocycles. The standard InChI is InChI=1S/C23H25N3O4S/c1-29-17-9-14-7-8-25(11-15(14)10-18(17)30-2)20(27)12-26-13-24-22-21(23(26)28)16-5-3-4-6-19(16)31-22/h9-10,13H,3-8,11-12H2,1-2H3. The Hall–Kier alpha value is -2.87. The van der Waals surface area contributed by atoms with E-state index in [4.69, 9.17) is 9.47 Å². The molecule has 1 aliphatic heterocycles. The van der Waals surface area contributed by atoms with Gasteiger partial charge in [0, 0.05) is 18.0 Å². The monoisotopic (exact) mass is 439 g/mol. The van der Waals surface area contributed by atoms with E-state index in [1.165, 1.54) is 22.2 Å². The molecule has 1 amide bonds. The zero-order valence-electron chi connectivity index (χ0n) is 17.8. The molecule has 0 unspecified atom stereocenters. The molecule has 0 fully saturated rings. The number of hydrogen-bond acceptors (Lipinski definition) is 6. The van der Waals surface area contributed by atoms with Gasteiger partial charge in [0.1, 0.15) is 11.4 Å². The average Bonchev–Trinajstić information content (AvgIpc) is 3.18. The first-order valence-electron chi connectivity index (χ1n) is 10.6. The van der Waals surface area contributed by atoms with E-state index in [2.05, 4.69) is 4.98 Å². The molecule has 1 aromatic carbocycles. The molecule has 0 saturated carbocycles. The number of aromatic nitrogens is 2. The Morgan fingerprint density at radius 2 is 1.84 bits per heavy atom. The lowest BCUT2D eigenvalue weighted by molar-refractivity contribution is -0.132. The Morgan fingerprint density at radius 1 is 1.10 bits per heavy atom. The lowest BCUT2D eigenvalue weighted by Gasteiger charge is -2.29. The Kier molecular flexibility index (Phi) is 5.17. The van der Waals surface area contributed by atoms with Crippen LogP contribution in [0.25, 0.3) is 10.2 Å². The minimum atomic E-state index is -0.0958. The molecule has 1 aliphatic carbocycles. The zero-order chi connectivity index (χ0) is 21.5. The van der Waals surface area contributed by atoms with Crippen LogP contribution in [-0.4, -0.2) is 41.1 Å². The predicted octanol–water partition coefficient (Wildman–Crippen LogP) is 2.94. The Labute approximate surface area is 184 Å². The van der Waals surface area contributed by atoms with Crippen molar-refractivity contribution in [1.29, 1.82) is 0 Å². The van der Waals surface area contributed by atoms with E-state index in [9.17, 15) is 9.59 Å². The summed E-state index contributed by atoms with van der Waals surface area (Å²) in [5.74, 6) is 1.28. The number of thiophene rings is 1. The van der Waals surface area contributed by atoms with Crippen LogP contribution < -0.4 is 15.0 Å². The largest absolute Gasteiger partial charge is 0.493 e. The average molecular weight is 440 g/mol. The molecule has 2 aliphatic rings. The summed E-state index contributed by atoms with van der Waals surface area (Å²) in [6.07, 6.45) is 6.49. The Morgan fingerprint density at radius 3 is 2.61 bits per heavy atom. The van der Waals surface area contributed by atoms with Gasteiger partial charge in [-0.25, -0.2) is 4.98 Å². The molecule has 2 aromatic heterocycles. The van der Waals surface area contributed by atoms with Crippen molar-refractivity contribution in [2.24, 2.45) is 0 Å². The fraction of sp³-hybridized carbons (Fsp3) is 0.435. The van der Waals surface area contributed by atoms with Gasteiger partial charge in [0.25, 0.3) is 5.56 Å². The van der Waals surface area contributed by atoms with E-state index in [-0.39, 0.29) is 18.0 Å². The minimum Gasteiger partial charge on any atom is -0.493 e. The highest BCUT2D eigenvalue weighted by Gasteiger charge is 2.25. The molecule has 0 spiro atoms. The van der Waals surface area contributed by atoms with Crippen LogP contribution in [0.15, 0.2) is 23.3 Å². The normalized spacial score (nSPS) is 15.5. The second-order valence-electron chi connectivity index (χ2n) is 8.11. The number of nitrogens with zero attached hydrogens (tertiary/aromatic N) is 3. The van der Waals surface area contributed by atoms with E-state index < -0.39 is 0 Å². The van der Waals surface area contributed by atoms with E-state index >= 15 is 0 Å². The van der Waals surface area contributed by atoms with Gasteiger partial charge >= 0.3 is 0 Å². The number of aryl methyl sites for hydroxylation is 2. The topological polar surface area (TPSA) is 73.7 Å². The van der Waals surface area contributed by atoms with E-state index in [1.807, 2.05) is 12.1 Å². The van der Waals surface area contributed by atoms with Crippen molar-refractivity contribution in [2.45, 2.75) is 45.2 Å². The molecule has 5 rings (SSSR count). The van der Waals surface area contributed by atoms with Gasteiger partial charge in [0.15, 0.2) is 11.5 Å². The van der Waals surface area contributed by atoms with Crippen LogP contribution in [0.2, 0.25) is 0 Å². The summed E-state index contributed by atoms with van der Waals surface area (Å²) in [4.78, 5) is 34.6. The third-order valence-electron chi connectivity index (χ3n) is 6.32. The summed E-state index contributed by atoms with van der Waals surface area (Å²) in [6, 6.07) is 3.92. The number of carbonyl (C=O) groups is 1. The molecular formula is C23H25N3O4S. The minimum absolute atomic E-state index is 0.00894. The van der Waals surface area contributed by atoms with Crippen LogP contribution in [0.3, 0.4) is 0 Å². The van der Waals surface area contributed by atoms with Gasteiger partial charge in [-0.1, -0.05) is 0 Å². The number of amides is 1. The third kappa shape index (κ3) is 3.48. The molecule has 0 N–H and O–H groups in total. The molecular weight excluding hydrogens is 414 g/mol. The molecule has 0 atom stereocenters. The van der Waals surface area contributed by atoms with Crippen molar-refractivity contribution in [3.05, 3.63) is 50.4 Å². The van der Waals surface area contributed by atoms with Gasteiger partial charge in [-0.15, -0.1) is 11.3 Å². The van der Waals surface area contributed by atoms with Crippen molar-refractivity contribution < 1.29 is 14.3 Å². The van der Waals surface area contributed by atoms with Gasteiger partial charge in [-0.3, -0.25) is 14.2 Å². The van der Waals surface area contributed by atoms with Crippen molar-refractivity contribution in [1.82, 2.24) is 14.5 Å². The lowest BCUT2D eigenvalue weighted by Crippen LogP contribution is -2.39. The van der Waals surface area contributed by atoms with Gasteiger partial charge in [-0.05, 0) is 60.9 Å². The van der Waals surface area contributed by atoms with Crippen molar-refractivity contribution in [2.75, 3.05) is 20.8 Å². The zero-order valence-corrected chi connectivity index (χ0v) is 18.6. The smallest absolute Gasteiger partial charge is 0.262 e. The van der Waals surface area contributed by atoms with Crippen LogP contribution in [-0.2, 0) is 37.1 Å². The molecule has 3 aromatic rings. The number of hydrogen-bond donors (Lipinski definition) is 0. The highest BCUT2D eigenvalue weighted by atomic mass is 32.1. The van der Waals surface area contributed by atoms with E-state index in [0.29, 0.717) is 24.6 Å². The fourth-order valence-electron chi connectivity index (χ4n) is 4.64. The van der Waals surface area contributed by atoms with Gasteiger partial charge in [-0.2, -0.15) is 0 Å². The summed E-state index contributed by atoms with van der Waals surface area (Å²) in [5, 5.41) is 0.718. The first-order chi connectivity index (χ1) is 15.1. The number of fused-ring (bicyclic) bond motifs is 4. The van der Waals surface area contributed by atoms with Crippen LogP contribution in [0.5, 0.6) is 11.5 Å². The predicted molar refractivity (Wildman–Crippen MR) is 119 cm³/mol. The molecule has 3 heterocycles. The summed E-state index contributed by atoms with van der Waals surface area (Å²) >= 11 is 1.63. The molecule has 7 nitrogen and oxygen atoms in total. The number of carbonyl (C=O) groups excluding carboxylic acids is 1. The Bertz CT molecular complexity index is 1230. The highest BCUT2D eigenvalue weighted by Crippen LogP contribution is 2.34. The van der Waals surface area contributed by atoms with Crippen LogP contribution in [0.1, 0.15) is 34.4 Å². The first-order valence-corrected chi connectivity index (χ1v) is 11.4. The number of ether oxygens (including phenoxy) is 2. The number of methoxy groups -OCH3 is 2. The molecule has 0 radical (unpaired) electrons. The maximum Gasteiger partial charge on any atom is 0.262 e. The summed E-state index contributed by atoms with van der Waals surface area (Å²) in [7, 11) is 3.23. The van der Waals surface area contributed by atoms with Crippen molar-refractivity contribution in [3.8, 4) is 11.5 Å². The quantitative estimate of drug-likeness (QED) is 0.625. The molecule has 0 bridgehead atoms. The maximum atomic E-state index is 13.2. The van der Waals surface area contributed by atoms with E-state index in [0.717, 1.165) is 52.6 Å². The summed E-state index contributed by atoms with van der Waals surface area (Å²) < 4.78 is 12.3. The number of benzene rings is 1. The van der Waals surface area contributed by atoms with E-state index in [1.54, 1.807) is 30.5 Å². The first kappa shape index (κ1) is 20.1. The van der Waals surface area contributed by atoms with Gasteiger partial charge < -0.3 is 14.4 Å². The summed E-state index contributed by atoms with van der Waals surface area (Å²) in [6.45, 7) is 1.11. The van der Waals surface area contributed by atoms with Crippen LogP contribution in [0.4, 0.5) is 0 Å². The van der Waals surface area contributed by atoms with Crippen LogP contribution in [0, 0.1) is 0 Å². The van der Waals surface area contributed by atoms with Crippen molar-refractivity contribution >= 4 is 27.5 Å². The fourth-order valence-corrected chi connectivity index (χ4v) is 5.86. The second kappa shape index (κ2) is 8.00. The Balaban J connectivity index is 1.39.